The Kier molecular flexibility index (Phi) is 5.89. The van der Waals surface area contributed by atoms with Crippen LogP contribution >= 0.6 is 0 Å². The molecule has 2 aromatic carbocycles. The van der Waals surface area contributed by atoms with Gasteiger partial charge >= 0.3 is 0 Å². The van der Waals surface area contributed by atoms with Crippen LogP contribution < -0.4 is 9.64 Å². The molecule has 0 bridgehead atoms. The average Bonchev–Trinajstić information content (AvgIpc) is 2.69. The Hall–Kier alpha value is -2.82. The molecule has 5 heteroatoms. The molecule has 0 N–H and O–H groups in total. The molecule has 1 saturated heterocycles. The Morgan fingerprint density at radius 1 is 1.00 bits per heavy atom. The van der Waals surface area contributed by atoms with Crippen molar-refractivity contribution >= 4 is 17.9 Å². The normalized spacial score (nSPS) is 14.2. The van der Waals surface area contributed by atoms with E-state index >= 15 is 0 Å². The lowest BCUT2D eigenvalue weighted by molar-refractivity contribution is -0.132. The topological polar surface area (TPSA) is 49.9 Å². The predicted molar refractivity (Wildman–Crippen MR) is 102 cm³/mol. The number of piperazine rings is 1. The van der Waals surface area contributed by atoms with Gasteiger partial charge in [0, 0.05) is 37.4 Å². The third kappa shape index (κ3) is 4.63. The van der Waals surface area contributed by atoms with Crippen LogP contribution in [0.2, 0.25) is 0 Å². The minimum atomic E-state index is 0.132. The molecular weight excluding hydrogens is 328 g/mol. The number of carbonyl (C=O) groups is 2. The Balaban J connectivity index is 1.42. The van der Waals surface area contributed by atoms with Gasteiger partial charge in [-0.3, -0.25) is 9.59 Å². The molecule has 0 aromatic heterocycles. The third-order valence-electron chi connectivity index (χ3n) is 4.63. The van der Waals surface area contributed by atoms with Gasteiger partial charge in [0.25, 0.3) is 0 Å². The zero-order valence-corrected chi connectivity index (χ0v) is 15.1. The second-order valence-electron chi connectivity index (χ2n) is 6.49. The van der Waals surface area contributed by atoms with Gasteiger partial charge in [-0.1, -0.05) is 17.7 Å². The van der Waals surface area contributed by atoms with Gasteiger partial charge in [0.1, 0.15) is 12.0 Å². The van der Waals surface area contributed by atoms with Crippen LogP contribution in [0.4, 0.5) is 5.69 Å². The Morgan fingerprint density at radius 3 is 2.27 bits per heavy atom. The lowest BCUT2D eigenvalue weighted by Crippen LogP contribution is -2.49. The Labute approximate surface area is 154 Å². The number of aldehydes is 1. The molecule has 0 atom stereocenters. The van der Waals surface area contributed by atoms with Gasteiger partial charge in [-0.25, -0.2) is 0 Å². The highest BCUT2D eigenvalue weighted by molar-refractivity contribution is 5.77. The van der Waals surface area contributed by atoms with Crippen LogP contribution in [-0.2, 0) is 4.79 Å². The van der Waals surface area contributed by atoms with E-state index in [0.29, 0.717) is 31.7 Å². The van der Waals surface area contributed by atoms with E-state index in [0.717, 1.165) is 30.8 Å². The van der Waals surface area contributed by atoms with Gasteiger partial charge in [0.15, 0.2) is 0 Å². The number of hydrogen-bond donors (Lipinski definition) is 0. The minimum absolute atomic E-state index is 0.132. The van der Waals surface area contributed by atoms with Crippen molar-refractivity contribution in [3.05, 3.63) is 59.7 Å². The fourth-order valence-electron chi connectivity index (χ4n) is 3.03. The van der Waals surface area contributed by atoms with Crippen molar-refractivity contribution in [1.82, 2.24) is 4.90 Å². The molecule has 1 heterocycles. The summed E-state index contributed by atoms with van der Waals surface area (Å²) in [6.45, 7) is 5.44. The van der Waals surface area contributed by atoms with Crippen LogP contribution in [0.15, 0.2) is 48.5 Å². The number of amides is 1. The van der Waals surface area contributed by atoms with Crippen LogP contribution in [0, 0.1) is 6.92 Å². The molecule has 0 spiro atoms. The van der Waals surface area contributed by atoms with Crippen molar-refractivity contribution in [2.24, 2.45) is 0 Å². The van der Waals surface area contributed by atoms with Crippen LogP contribution in [0.1, 0.15) is 22.3 Å². The van der Waals surface area contributed by atoms with E-state index in [2.05, 4.69) is 4.90 Å². The monoisotopic (exact) mass is 352 g/mol. The summed E-state index contributed by atoms with van der Waals surface area (Å²) < 4.78 is 5.65. The number of nitrogens with zero attached hydrogens (tertiary/aromatic N) is 2. The molecule has 0 aliphatic carbocycles. The fraction of sp³-hybridized carbons (Fsp3) is 0.333. The third-order valence-corrected chi connectivity index (χ3v) is 4.63. The molecule has 3 rings (SSSR count). The zero-order valence-electron chi connectivity index (χ0n) is 15.1. The van der Waals surface area contributed by atoms with Crippen LogP contribution in [-0.4, -0.2) is 49.9 Å². The number of hydrogen-bond acceptors (Lipinski definition) is 4. The summed E-state index contributed by atoms with van der Waals surface area (Å²) >= 11 is 0. The summed E-state index contributed by atoms with van der Waals surface area (Å²) in [5, 5.41) is 0. The van der Waals surface area contributed by atoms with E-state index in [1.807, 2.05) is 60.4 Å². The summed E-state index contributed by atoms with van der Waals surface area (Å²) in [4.78, 5) is 27.2. The summed E-state index contributed by atoms with van der Waals surface area (Å²) in [6.07, 6.45) is 1.24. The minimum Gasteiger partial charge on any atom is -0.493 e. The fourth-order valence-corrected chi connectivity index (χ4v) is 3.03. The molecular formula is C21H24N2O3. The van der Waals surface area contributed by atoms with Gasteiger partial charge in [-0.15, -0.1) is 0 Å². The molecule has 1 amide bonds. The number of aryl methyl sites for hydroxylation is 1. The van der Waals surface area contributed by atoms with Crippen molar-refractivity contribution in [2.45, 2.75) is 13.3 Å². The van der Waals surface area contributed by atoms with Gasteiger partial charge < -0.3 is 14.5 Å². The largest absolute Gasteiger partial charge is 0.493 e. The molecule has 26 heavy (non-hydrogen) atoms. The molecule has 2 aromatic rings. The Bertz CT molecular complexity index is 733. The standard InChI is InChI=1S/C21H24N2O3/c1-17-2-8-20(9-3-17)26-15-10-21(25)23-13-11-22(12-14-23)19-6-4-18(16-24)5-7-19/h2-9,16H,10-15H2,1H3. The first-order chi connectivity index (χ1) is 12.7. The summed E-state index contributed by atoms with van der Waals surface area (Å²) in [5.41, 5.74) is 2.95. The van der Waals surface area contributed by atoms with E-state index in [1.54, 1.807) is 0 Å². The predicted octanol–water partition coefficient (Wildman–Crippen LogP) is 2.93. The molecule has 1 aliphatic heterocycles. The zero-order chi connectivity index (χ0) is 18.4. The molecule has 5 nitrogen and oxygen atoms in total. The molecule has 0 radical (unpaired) electrons. The number of anilines is 1. The lowest BCUT2D eigenvalue weighted by Gasteiger charge is -2.36. The maximum Gasteiger partial charge on any atom is 0.226 e. The highest BCUT2D eigenvalue weighted by Gasteiger charge is 2.21. The second kappa shape index (κ2) is 8.52. The van der Waals surface area contributed by atoms with E-state index in [9.17, 15) is 9.59 Å². The average molecular weight is 352 g/mol. The quantitative estimate of drug-likeness (QED) is 0.750. The van der Waals surface area contributed by atoms with Gasteiger partial charge in [0.05, 0.1) is 13.0 Å². The van der Waals surface area contributed by atoms with Crippen LogP contribution in [0.25, 0.3) is 0 Å². The molecule has 0 unspecified atom stereocenters. The van der Waals surface area contributed by atoms with Crippen molar-refractivity contribution in [1.29, 1.82) is 0 Å². The molecule has 136 valence electrons. The van der Waals surface area contributed by atoms with E-state index in [-0.39, 0.29) is 5.91 Å². The number of benzene rings is 2. The number of rotatable bonds is 6. The van der Waals surface area contributed by atoms with Crippen molar-refractivity contribution in [2.75, 3.05) is 37.7 Å². The first-order valence-electron chi connectivity index (χ1n) is 8.93. The van der Waals surface area contributed by atoms with Crippen molar-refractivity contribution in [3.63, 3.8) is 0 Å². The smallest absolute Gasteiger partial charge is 0.226 e. The van der Waals surface area contributed by atoms with E-state index < -0.39 is 0 Å². The highest BCUT2D eigenvalue weighted by Crippen LogP contribution is 2.17. The molecule has 0 saturated carbocycles. The SMILES string of the molecule is Cc1ccc(OCCC(=O)N2CCN(c3ccc(C=O)cc3)CC2)cc1. The Morgan fingerprint density at radius 2 is 1.65 bits per heavy atom. The summed E-state index contributed by atoms with van der Waals surface area (Å²) in [6, 6.07) is 15.4. The van der Waals surface area contributed by atoms with E-state index in [4.69, 9.17) is 4.74 Å². The molecule has 1 fully saturated rings. The maximum atomic E-state index is 12.4. The molecule has 1 aliphatic rings. The lowest BCUT2D eigenvalue weighted by atomic mass is 10.2. The van der Waals surface area contributed by atoms with Crippen molar-refractivity contribution < 1.29 is 14.3 Å². The number of carbonyl (C=O) groups excluding carboxylic acids is 2. The van der Waals surface area contributed by atoms with E-state index in [1.165, 1.54) is 5.56 Å². The van der Waals surface area contributed by atoms with Gasteiger partial charge in [-0.05, 0) is 43.3 Å². The number of ether oxygens (including phenoxy) is 1. The summed E-state index contributed by atoms with van der Waals surface area (Å²) in [7, 11) is 0. The highest BCUT2D eigenvalue weighted by atomic mass is 16.5. The van der Waals surface area contributed by atoms with Gasteiger partial charge in [0.2, 0.25) is 5.91 Å². The first kappa shape index (κ1) is 18.0. The van der Waals surface area contributed by atoms with Crippen molar-refractivity contribution in [3.8, 4) is 5.75 Å². The maximum absolute atomic E-state index is 12.4. The summed E-state index contributed by atoms with van der Waals surface area (Å²) in [5.74, 6) is 0.931. The second-order valence-corrected chi connectivity index (χ2v) is 6.49. The van der Waals surface area contributed by atoms with Crippen LogP contribution in [0.3, 0.4) is 0 Å². The first-order valence-corrected chi connectivity index (χ1v) is 8.93. The van der Waals surface area contributed by atoms with Gasteiger partial charge in [-0.2, -0.15) is 0 Å². The van der Waals surface area contributed by atoms with Crippen LogP contribution in [0.5, 0.6) is 5.75 Å².